The van der Waals surface area contributed by atoms with Gasteiger partial charge >= 0.3 is 0 Å². The topological polar surface area (TPSA) is 20.2 Å². The molecule has 0 bridgehead atoms. The Morgan fingerprint density at radius 3 is 2.76 bits per heavy atom. The van der Waals surface area contributed by atoms with Gasteiger partial charge in [0.05, 0.1) is 0 Å². The molecule has 0 saturated heterocycles. The van der Waals surface area contributed by atoms with Crippen LogP contribution in [0.3, 0.4) is 0 Å². The maximum Gasteiger partial charge on any atom is 0.119 e. The Kier molecular flexibility index (Phi) is 3.35. The third-order valence-electron chi connectivity index (χ3n) is 4.11. The SMILES string of the molecule is Cc1ccc([C@]2(C)CC[C@@H](C)/C2=C\Br)c(O)c1. The highest BCUT2D eigenvalue weighted by Crippen LogP contribution is 2.50. The first-order chi connectivity index (χ1) is 7.99. The number of phenolic OH excluding ortho intramolecular Hbond substituents is 1. The third kappa shape index (κ3) is 2.03. The molecule has 1 saturated carbocycles. The lowest BCUT2D eigenvalue weighted by molar-refractivity contribution is 0.445. The van der Waals surface area contributed by atoms with Crippen LogP contribution in [0.2, 0.25) is 0 Å². The van der Waals surface area contributed by atoms with Gasteiger partial charge in [0, 0.05) is 11.0 Å². The van der Waals surface area contributed by atoms with Crippen LogP contribution in [0.4, 0.5) is 0 Å². The molecule has 0 heterocycles. The van der Waals surface area contributed by atoms with E-state index in [-0.39, 0.29) is 5.41 Å². The molecule has 1 aromatic carbocycles. The fourth-order valence-corrected chi connectivity index (χ4v) is 3.93. The quantitative estimate of drug-likeness (QED) is 0.798. The Morgan fingerprint density at radius 1 is 1.47 bits per heavy atom. The maximum absolute atomic E-state index is 10.2. The van der Waals surface area contributed by atoms with Crippen LogP contribution < -0.4 is 0 Å². The van der Waals surface area contributed by atoms with Gasteiger partial charge in [0.2, 0.25) is 0 Å². The van der Waals surface area contributed by atoms with Gasteiger partial charge in [-0.2, -0.15) is 0 Å². The monoisotopic (exact) mass is 294 g/mol. The standard InChI is InChI=1S/C15H19BrO/c1-10-4-5-12(14(17)8-10)15(3)7-6-11(2)13(15)9-16/h4-5,8-9,11,17H,6-7H2,1-3H3/b13-9+/t11-,15+/m1/s1. The minimum Gasteiger partial charge on any atom is -0.508 e. The summed E-state index contributed by atoms with van der Waals surface area (Å²) in [7, 11) is 0. The molecule has 2 atom stereocenters. The summed E-state index contributed by atoms with van der Waals surface area (Å²) in [5, 5.41) is 10.2. The first-order valence-corrected chi connectivity index (χ1v) is 7.01. The summed E-state index contributed by atoms with van der Waals surface area (Å²) in [6.45, 7) is 6.49. The summed E-state index contributed by atoms with van der Waals surface area (Å²) < 4.78 is 0. The molecule has 0 aliphatic heterocycles. The molecule has 0 unspecified atom stereocenters. The summed E-state index contributed by atoms with van der Waals surface area (Å²) in [4.78, 5) is 2.05. The van der Waals surface area contributed by atoms with Crippen molar-refractivity contribution in [3.05, 3.63) is 39.9 Å². The van der Waals surface area contributed by atoms with E-state index >= 15 is 0 Å². The van der Waals surface area contributed by atoms with Crippen LogP contribution >= 0.6 is 15.9 Å². The summed E-state index contributed by atoms with van der Waals surface area (Å²) in [5.74, 6) is 1.01. The molecule has 1 aromatic rings. The third-order valence-corrected chi connectivity index (χ3v) is 4.60. The summed E-state index contributed by atoms with van der Waals surface area (Å²) in [5.41, 5.74) is 3.51. The van der Waals surface area contributed by atoms with Gasteiger partial charge in [-0.3, -0.25) is 0 Å². The van der Waals surface area contributed by atoms with Gasteiger partial charge in [-0.25, -0.2) is 0 Å². The highest BCUT2D eigenvalue weighted by atomic mass is 79.9. The minimum atomic E-state index is -0.0271. The summed E-state index contributed by atoms with van der Waals surface area (Å²) >= 11 is 3.48. The highest BCUT2D eigenvalue weighted by molar-refractivity contribution is 9.11. The van der Waals surface area contributed by atoms with Gasteiger partial charge in [-0.1, -0.05) is 47.5 Å². The van der Waals surface area contributed by atoms with E-state index in [4.69, 9.17) is 0 Å². The number of rotatable bonds is 1. The summed E-state index contributed by atoms with van der Waals surface area (Å²) in [6, 6.07) is 6.00. The van der Waals surface area contributed by atoms with Crippen molar-refractivity contribution in [1.29, 1.82) is 0 Å². The van der Waals surface area contributed by atoms with Gasteiger partial charge < -0.3 is 5.11 Å². The average molecular weight is 295 g/mol. The van der Waals surface area contributed by atoms with Crippen molar-refractivity contribution in [1.82, 2.24) is 0 Å². The highest BCUT2D eigenvalue weighted by Gasteiger charge is 2.40. The van der Waals surface area contributed by atoms with Crippen molar-refractivity contribution in [2.75, 3.05) is 0 Å². The van der Waals surface area contributed by atoms with E-state index < -0.39 is 0 Å². The maximum atomic E-state index is 10.2. The normalized spacial score (nSPS) is 31.1. The van der Waals surface area contributed by atoms with Crippen molar-refractivity contribution < 1.29 is 5.11 Å². The van der Waals surface area contributed by atoms with Crippen LogP contribution in [0, 0.1) is 12.8 Å². The fourth-order valence-electron chi connectivity index (χ4n) is 2.98. The van der Waals surface area contributed by atoms with Crippen molar-refractivity contribution in [3.8, 4) is 5.75 Å². The lowest BCUT2D eigenvalue weighted by Crippen LogP contribution is -2.20. The zero-order valence-corrected chi connectivity index (χ0v) is 12.2. The second-order valence-corrected chi connectivity index (χ2v) is 5.81. The lowest BCUT2D eigenvalue weighted by Gasteiger charge is -2.28. The second-order valence-electron chi connectivity index (χ2n) is 5.36. The Hall–Kier alpha value is -0.760. The van der Waals surface area contributed by atoms with Crippen LogP contribution in [0.5, 0.6) is 5.75 Å². The number of halogens is 1. The molecular formula is C15H19BrO. The van der Waals surface area contributed by atoms with Crippen LogP contribution in [-0.2, 0) is 5.41 Å². The number of phenols is 1. The predicted molar refractivity (Wildman–Crippen MR) is 75.6 cm³/mol. The Balaban J connectivity index is 2.52. The molecule has 1 N–H and O–H groups in total. The molecular weight excluding hydrogens is 276 g/mol. The first kappa shape index (κ1) is 12.7. The number of aryl methyl sites for hydroxylation is 1. The minimum absolute atomic E-state index is 0.0271. The first-order valence-electron chi connectivity index (χ1n) is 6.10. The van der Waals surface area contributed by atoms with Gasteiger partial charge in [0.1, 0.15) is 5.75 Å². The van der Waals surface area contributed by atoms with Gasteiger partial charge in [-0.05, 0) is 42.3 Å². The molecule has 1 aliphatic rings. The zero-order chi connectivity index (χ0) is 12.6. The number of hydrogen-bond donors (Lipinski definition) is 1. The van der Waals surface area contributed by atoms with Crippen LogP contribution in [-0.4, -0.2) is 5.11 Å². The van der Waals surface area contributed by atoms with Crippen LogP contribution in [0.1, 0.15) is 37.8 Å². The van der Waals surface area contributed by atoms with Crippen molar-refractivity contribution >= 4 is 15.9 Å². The van der Waals surface area contributed by atoms with E-state index in [1.165, 1.54) is 12.0 Å². The number of aromatic hydroxyl groups is 1. The molecule has 1 fully saturated rings. The Labute approximate surface area is 112 Å². The number of hydrogen-bond acceptors (Lipinski definition) is 1. The van der Waals surface area contributed by atoms with Crippen molar-refractivity contribution in [3.63, 3.8) is 0 Å². The molecule has 1 nitrogen and oxygen atoms in total. The van der Waals surface area contributed by atoms with E-state index in [0.717, 1.165) is 17.5 Å². The molecule has 2 heteroatoms. The molecule has 92 valence electrons. The van der Waals surface area contributed by atoms with Crippen LogP contribution in [0.25, 0.3) is 0 Å². The van der Waals surface area contributed by atoms with Gasteiger partial charge in [0.15, 0.2) is 0 Å². The van der Waals surface area contributed by atoms with Crippen molar-refractivity contribution in [2.24, 2.45) is 5.92 Å². The predicted octanol–water partition coefficient (Wildman–Crippen LogP) is 4.67. The van der Waals surface area contributed by atoms with Gasteiger partial charge in [0.25, 0.3) is 0 Å². The molecule has 0 amide bonds. The second kappa shape index (κ2) is 4.49. The molecule has 2 rings (SSSR count). The van der Waals surface area contributed by atoms with E-state index in [1.807, 2.05) is 18.0 Å². The lowest BCUT2D eigenvalue weighted by atomic mass is 9.76. The molecule has 0 radical (unpaired) electrons. The number of allylic oxidation sites excluding steroid dienone is 1. The Morgan fingerprint density at radius 2 is 2.18 bits per heavy atom. The fraction of sp³-hybridized carbons (Fsp3) is 0.467. The van der Waals surface area contributed by atoms with E-state index in [0.29, 0.717) is 11.7 Å². The molecule has 0 spiro atoms. The molecule has 1 aliphatic carbocycles. The zero-order valence-electron chi connectivity index (χ0n) is 10.6. The Bertz CT molecular complexity index is 464. The smallest absolute Gasteiger partial charge is 0.119 e. The molecule has 17 heavy (non-hydrogen) atoms. The summed E-state index contributed by atoms with van der Waals surface area (Å²) in [6.07, 6.45) is 2.28. The van der Waals surface area contributed by atoms with Gasteiger partial charge in [-0.15, -0.1) is 0 Å². The van der Waals surface area contributed by atoms with Crippen molar-refractivity contribution in [2.45, 2.75) is 39.0 Å². The van der Waals surface area contributed by atoms with Crippen LogP contribution in [0.15, 0.2) is 28.8 Å². The molecule has 0 aromatic heterocycles. The van der Waals surface area contributed by atoms with E-state index in [9.17, 15) is 5.11 Å². The van der Waals surface area contributed by atoms with E-state index in [2.05, 4.69) is 41.9 Å². The largest absolute Gasteiger partial charge is 0.508 e. The van der Waals surface area contributed by atoms with E-state index in [1.54, 1.807) is 0 Å². The number of benzene rings is 1. The average Bonchev–Trinajstić information content (AvgIpc) is 2.55.